The van der Waals surface area contributed by atoms with Crippen molar-refractivity contribution in [3.8, 4) is 11.3 Å². The van der Waals surface area contributed by atoms with Gasteiger partial charge in [0.15, 0.2) is 0 Å². The zero-order chi connectivity index (χ0) is 20.9. The van der Waals surface area contributed by atoms with E-state index < -0.39 is 0 Å². The molecule has 0 aliphatic rings. The maximum Gasteiger partial charge on any atom is 0.252 e. The number of rotatable bonds is 6. The van der Waals surface area contributed by atoms with Gasteiger partial charge >= 0.3 is 0 Å². The predicted octanol–water partition coefficient (Wildman–Crippen LogP) is 6.23. The van der Waals surface area contributed by atoms with Crippen LogP contribution in [0.5, 0.6) is 0 Å². The first kappa shape index (κ1) is 20.1. The van der Waals surface area contributed by atoms with Gasteiger partial charge in [-0.1, -0.05) is 72.3 Å². The molecular formula is C26H23ClN2O. The minimum atomic E-state index is -0.0608. The molecule has 150 valence electrons. The van der Waals surface area contributed by atoms with E-state index in [1.165, 1.54) is 5.56 Å². The van der Waals surface area contributed by atoms with Crippen molar-refractivity contribution in [2.24, 2.45) is 0 Å². The molecule has 4 rings (SSSR count). The summed E-state index contributed by atoms with van der Waals surface area (Å²) in [5.74, 6) is -0.0608. The average Bonchev–Trinajstić information content (AvgIpc) is 2.77. The van der Waals surface area contributed by atoms with E-state index in [1.54, 1.807) is 0 Å². The Morgan fingerprint density at radius 1 is 0.933 bits per heavy atom. The Morgan fingerprint density at radius 2 is 1.63 bits per heavy atom. The van der Waals surface area contributed by atoms with Crippen molar-refractivity contribution < 1.29 is 4.79 Å². The monoisotopic (exact) mass is 414 g/mol. The summed E-state index contributed by atoms with van der Waals surface area (Å²) in [4.78, 5) is 18.0. The molecule has 0 saturated carbocycles. The summed E-state index contributed by atoms with van der Waals surface area (Å²) in [6, 6.07) is 25.7. The van der Waals surface area contributed by atoms with E-state index in [0.29, 0.717) is 17.1 Å². The molecule has 1 amide bonds. The van der Waals surface area contributed by atoms with E-state index in [2.05, 4.69) is 17.4 Å². The van der Waals surface area contributed by atoms with Gasteiger partial charge in [-0.05, 0) is 49.1 Å². The van der Waals surface area contributed by atoms with Gasteiger partial charge in [-0.15, -0.1) is 0 Å². The highest BCUT2D eigenvalue weighted by Crippen LogP contribution is 2.30. The van der Waals surface area contributed by atoms with Crippen molar-refractivity contribution in [1.29, 1.82) is 0 Å². The first-order valence-corrected chi connectivity index (χ1v) is 10.5. The van der Waals surface area contributed by atoms with Crippen molar-refractivity contribution in [2.75, 3.05) is 6.54 Å². The molecule has 0 aliphatic heterocycles. The molecule has 0 fully saturated rings. The standard InChI is InChI=1S/C26H23ClN2O/c1-18-24(26(30)28-17-7-10-19-8-3-2-4-9-19)22-11-5-6-12-23(22)29-25(18)20-13-15-21(27)16-14-20/h2-6,8-9,11-16H,7,10,17H2,1H3,(H,28,30). The largest absolute Gasteiger partial charge is 0.352 e. The second kappa shape index (κ2) is 9.10. The minimum absolute atomic E-state index is 0.0608. The maximum atomic E-state index is 13.2. The molecule has 3 aromatic carbocycles. The molecule has 0 bridgehead atoms. The van der Waals surface area contributed by atoms with E-state index in [4.69, 9.17) is 16.6 Å². The van der Waals surface area contributed by atoms with Crippen LogP contribution in [0.15, 0.2) is 78.9 Å². The highest BCUT2D eigenvalue weighted by molar-refractivity contribution is 6.30. The third-order valence-corrected chi connectivity index (χ3v) is 5.50. The number of pyridine rings is 1. The van der Waals surface area contributed by atoms with Crippen LogP contribution in [0.25, 0.3) is 22.2 Å². The van der Waals surface area contributed by atoms with Gasteiger partial charge in [-0.2, -0.15) is 0 Å². The van der Waals surface area contributed by atoms with E-state index in [1.807, 2.05) is 73.7 Å². The van der Waals surface area contributed by atoms with E-state index in [0.717, 1.165) is 40.6 Å². The molecule has 4 aromatic rings. The number of carbonyl (C=O) groups is 1. The molecule has 0 unspecified atom stereocenters. The second-order valence-corrected chi connectivity index (χ2v) is 7.77. The lowest BCUT2D eigenvalue weighted by atomic mass is 9.97. The van der Waals surface area contributed by atoms with E-state index in [9.17, 15) is 4.79 Å². The molecule has 1 aromatic heterocycles. The van der Waals surface area contributed by atoms with Crippen LogP contribution in [0.2, 0.25) is 5.02 Å². The number of nitrogens with zero attached hydrogens (tertiary/aromatic N) is 1. The fourth-order valence-electron chi connectivity index (χ4n) is 3.72. The van der Waals surface area contributed by atoms with Crippen LogP contribution in [0.3, 0.4) is 0 Å². The zero-order valence-corrected chi connectivity index (χ0v) is 17.6. The number of para-hydroxylation sites is 1. The maximum absolute atomic E-state index is 13.2. The van der Waals surface area contributed by atoms with Crippen LogP contribution in [-0.4, -0.2) is 17.4 Å². The number of fused-ring (bicyclic) bond motifs is 1. The number of halogens is 1. The van der Waals surface area contributed by atoms with Crippen molar-refractivity contribution >= 4 is 28.4 Å². The molecule has 1 heterocycles. The average molecular weight is 415 g/mol. The van der Waals surface area contributed by atoms with Gasteiger partial charge in [-0.25, -0.2) is 4.98 Å². The lowest BCUT2D eigenvalue weighted by Gasteiger charge is -2.15. The van der Waals surface area contributed by atoms with Gasteiger partial charge in [0.25, 0.3) is 5.91 Å². The van der Waals surface area contributed by atoms with Gasteiger partial charge in [0.2, 0.25) is 0 Å². The second-order valence-electron chi connectivity index (χ2n) is 7.33. The normalized spacial score (nSPS) is 10.9. The van der Waals surface area contributed by atoms with Crippen LogP contribution >= 0.6 is 11.6 Å². The summed E-state index contributed by atoms with van der Waals surface area (Å²) < 4.78 is 0. The predicted molar refractivity (Wildman–Crippen MR) is 124 cm³/mol. The molecule has 0 saturated heterocycles. The van der Waals surface area contributed by atoms with Crippen molar-refractivity contribution in [3.63, 3.8) is 0 Å². The van der Waals surface area contributed by atoms with Crippen LogP contribution in [0, 0.1) is 6.92 Å². The number of hydrogen-bond acceptors (Lipinski definition) is 2. The Hall–Kier alpha value is -3.17. The number of aromatic nitrogens is 1. The topological polar surface area (TPSA) is 42.0 Å². The molecule has 0 atom stereocenters. The smallest absolute Gasteiger partial charge is 0.252 e. The highest BCUT2D eigenvalue weighted by atomic mass is 35.5. The molecule has 4 heteroatoms. The fourth-order valence-corrected chi connectivity index (χ4v) is 3.84. The van der Waals surface area contributed by atoms with Crippen LogP contribution in [-0.2, 0) is 6.42 Å². The summed E-state index contributed by atoms with van der Waals surface area (Å²) in [5, 5.41) is 4.65. The Labute approximate surface area is 181 Å². The first-order valence-electron chi connectivity index (χ1n) is 10.1. The quantitative estimate of drug-likeness (QED) is 0.380. The van der Waals surface area contributed by atoms with Gasteiger partial charge in [0, 0.05) is 22.5 Å². The van der Waals surface area contributed by atoms with Gasteiger partial charge in [0.05, 0.1) is 16.8 Å². The molecule has 0 spiro atoms. The molecule has 0 aliphatic carbocycles. The van der Waals surface area contributed by atoms with Crippen molar-refractivity contribution in [1.82, 2.24) is 10.3 Å². The van der Waals surface area contributed by atoms with Crippen LogP contribution < -0.4 is 5.32 Å². The summed E-state index contributed by atoms with van der Waals surface area (Å²) in [5.41, 5.74) is 5.40. The lowest BCUT2D eigenvalue weighted by Crippen LogP contribution is -2.26. The molecule has 0 radical (unpaired) electrons. The van der Waals surface area contributed by atoms with Gasteiger partial charge < -0.3 is 5.32 Å². The van der Waals surface area contributed by atoms with Crippen molar-refractivity contribution in [3.05, 3.63) is 101 Å². The van der Waals surface area contributed by atoms with E-state index in [-0.39, 0.29) is 5.91 Å². The summed E-state index contributed by atoms with van der Waals surface area (Å²) >= 11 is 6.05. The Balaban J connectivity index is 1.61. The zero-order valence-electron chi connectivity index (χ0n) is 16.9. The number of amides is 1. The Kier molecular flexibility index (Phi) is 6.10. The fraction of sp³-hybridized carbons (Fsp3) is 0.154. The lowest BCUT2D eigenvalue weighted by molar-refractivity contribution is 0.0954. The molecule has 3 nitrogen and oxygen atoms in total. The number of carbonyl (C=O) groups excluding carboxylic acids is 1. The van der Waals surface area contributed by atoms with Gasteiger partial charge in [-0.3, -0.25) is 4.79 Å². The third kappa shape index (κ3) is 4.37. The first-order chi connectivity index (χ1) is 14.6. The number of hydrogen-bond donors (Lipinski definition) is 1. The SMILES string of the molecule is Cc1c(-c2ccc(Cl)cc2)nc2ccccc2c1C(=O)NCCCc1ccccc1. The Bertz CT molecular complexity index is 1170. The number of nitrogens with one attached hydrogen (secondary N) is 1. The van der Waals surface area contributed by atoms with Crippen LogP contribution in [0.4, 0.5) is 0 Å². The van der Waals surface area contributed by atoms with E-state index >= 15 is 0 Å². The summed E-state index contributed by atoms with van der Waals surface area (Å²) in [6.07, 6.45) is 1.83. The number of benzene rings is 3. The summed E-state index contributed by atoms with van der Waals surface area (Å²) in [6.45, 7) is 2.59. The van der Waals surface area contributed by atoms with Gasteiger partial charge in [0.1, 0.15) is 0 Å². The minimum Gasteiger partial charge on any atom is -0.352 e. The number of aryl methyl sites for hydroxylation is 1. The molecule has 1 N–H and O–H groups in total. The van der Waals surface area contributed by atoms with Crippen LogP contribution in [0.1, 0.15) is 27.9 Å². The Morgan fingerprint density at radius 3 is 2.40 bits per heavy atom. The van der Waals surface area contributed by atoms with Crippen molar-refractivity contribution in [2.45, 2.75) is 19.8 Å². The highest BCUT2D eigenvalue weighted by Gasteiger charge is 2.18. The molecular weight excluding hydrogens is 392 g/mol. The summed E-state index contributed by atoms with van der Waals surface area (Å²) in [7, 11) is 0. The third-order valence-electron chi connectivity index (χ3n) is 5.25. The molecule has 30 heavy (non-hydrogen) atoms.